The molecule has 2 nitrogen and oxygen atoms in total. The third kappa shape index (κ3) is 4.34. The zero-order chi connectivity index (χ0) is 18.0. The minimum atomic E-state index is -4.37. The van der Waals surface area contributed by atoms with Gasteiger partial charge >= 0.3 is 6.18 Å². The molecule has 0 unspecified atom stereocenters. The van der Waals surface area contributed by atoms with Crippen molar-refractivity contribution in [2.24, 2.45) is 11.8 Å². The van der Waals surface area contributed by atoms with Crippen LogP contribution in [0.1, 0.15) is 16.7 Å². The molecule has 1 saturated heterocycles. The fourth-order valence-corrected chi connectivity index (χ4v) is 3.81. The van der Waals surface area contributed by atoms with Crippen LogP contribution in [0.15, 0.2) is 48.5 Å². The van der Waals surface area contributed by atoms with Crippen LogP contribution in [0.3, 0.4) is 0 Å². The quantitative estimate of drug-likeness (QED) is 0.673. The minimum Gasteiger partial charge on any atom is -0.356 e. The van der Waals surface area contributed by atoms with Crippen molar-refractivity contribution >= 4 is 28.5 Å². The van der Waals surface area contributed by atoms with Crippen LogP contribution in [0, 0.1) is 15.4 Å². The van der Waals surface area contributed by atoms with Gasteiger partial charge in [0.2, 0.25) is 5.91 Å². The molecular weight excluding hydrogens is 442 g/mol. The summed E-state index contributed by atoms with van der Waals surface area (Å²) in [6.45, 7) is 0.563. The van der Waals surface area contributed by atoms with Crippen molar-refractivity contribution in [3.63, 3.8) is 0 Å². The van der Waals surface area contributed by atoms with Crippen LogP contribution in [0.5, 0.6) is 0 Å². The van der Waals surface area contributed by atoms with Gasteiger partial charge in [0.1, 0.15) is 0 Å². The molecule has 2 atom stereocenters. The van der Waals surface area contributed by atoms with Gasteiger partial charge in [0.15, 0.2) is 0 Å². The SMILES string of the molecule is O=C1NC[C@@H](Cc2ccccc2)[C@@H]1Cc1cc(C(F)(F)F)ccc1I. The molecule has 0 aromatic heterocycles. The highest BCUT2D eigenvalue weighted by Crippen LogP contribution is 2.33. The third-order valence-electron chi connectivity index (χ3n) is 4.60. The Labute approximate surface area is 158 Å². The molecule has 132 valence electrons. The Kier molecular flexibility index (Phi) is 5.36. The van der Waals surface area contributed by atoms with Crippen LogP contribution >= 0.6 is 22.6 Å². The molecule has 0 saturated carbocycles. The second-order valence-electron chi connectivity index (χ2n) is 6.31. The van der Waals surface area contributed by atoms with Crippen LogP contribution in [0.25, 0.3) is 0 Å². The molecule has 25 heavy (non-hydrogen) atoms. The fourth-order valence-electron chi connectivity index (χ4n) is 3.25. The molecule has 1 heterocycles. The summed E-state index contributed by atoms with van der Waals surface area (Å²) < 4.78 is 39.7. The lowest BCUT2D eigenvalue weighted by Gasteiger charge is -2.18. The van der Waals surface area contributed by atoms with Crippen molar-refractivity contribution in [2.75, 3.05) is 6.54 Å². The smallest absolute Gasteiger partial charge is 0.356 e. The third-order valence-corrected chi connectivity index (χ3v) is 5.65. The topological polar surface area (TPSA) is 29.1 Å². The molecule has 0 aliphatic carbocycles. The average Bonchev–Trinajstić information content (AvgIpc) is 2.90. The van der Waals surface area contributed by atoms with E-state index in [1.54, 1.807) is 0 Å². The second kappa shape index (κ2) is 7.35. The number of hydrogen-bond acceptors (Lipinski definition) is 1. The first-order valence-corrected chi connectivity index (χ1v) is 9.09. The van der Waals surface area contributed by atoms with E-state index in [9.17, 15) is 18.0 Å². The highest BCUT2D eigenvalue weighted by molar-refractivity contribution is 14.1. The molecule has 1 aliphatic rings. The summed E-state index contributed by atoms with van der Waals surface area (Å²) in [4.78, 5) is 12.2. The van der Waals surface area contributed by atoms with E-state index in [0.29, 0.717) is 18.5 Å². The lowest BCUT2D eigenvalue weighted by atomic mass is 9.85. The lowest BCUT2D eigenvalue weighted by molar-refractivity contribution is -0.137. The van der Waals surface area contributed by atoms with Crippen LogP contribution in [0.4, 0.5) is 13.2 Å². The number of halogens is 4. The monoisotopic (exact) mass is 459 g/mol. The van der Waals surface area contributed by atoms with E-state index in [1.165, 1.54) is 12.1 Å². The van der Waals surface area contributed by atoms with Crippen molar-refractivity contribution in [1.29, 1.82) is 0 Å². The van der Waals surface area contributed by atoms with Gasteiger partial charge in [-0.25, -0.2) is 0 Å². The number of hydrogen-bond donors (Lipinski definition) is 1. The fraction of sp³-hybridized carbons (Fsp3) is 0.316. The molecule has 0 spiro atoms. The van der Waals surface area contributed by atoms with E-state index in [2.05, 4.69) is 5.32 Å². The number of nitrogens with one attached hydrogen (secondary N) is 1. The summed E-state index contributed by atoms with van der Waals surface area (Å²) in [7, 11) is 0. The van der Waals surface area contributed by atoms with Crippen LogP contribution in [-0.2, 0) is 23.8 Å². The van der Waals surface area contributed by atoms with E-state index < -0.39 is 11.7 Å². The molecule has 1 aliphatic heterocycles. The zero-order valence-corrected chi connectivity index (χ0v) is 15.5. The predicted molar refractivity (Wildman–Crippen MR) is 98.0 cm³/mol. The molecule has 0 radical (unpaired) electrons. The first kappa shape index (κ1) is 18.2. The van der Waals surface area contributed by atoms with Crippen LogP contribution in [-0.4, -0.2) is 12.5 Å². The first-order chi connectivity index (χ1) is 11.8. The molecule has 1 fully saturated rings. The van der Waals surface area contributed by atoms with Crippen LogP contribution < -0.4 is 5.32 Å². The number of carbonyl (C=O) groups excluding carboxylic acids is 1. The number of alkyl halides is 3. The maximum atomic E-state index is 13.0. The number of benzene rings is 2. The number of amides is 1. The zero-order valence-electron chi connectivity index (χ0n) is 13.3. The first-order valence-electron chi connectivity index (χ1n) is 8.02. The largest absolute Gasteiger partial charge is 0.416 e. The molecule has 1 amide bonds. The highest BCUT2D eigenvalue weighted by Gasteiger charge is 2.36. The summed E-state index contributed by atoms with van der Waals surface area (Å²) in [5, 5.41) is 2.86. The molecule has 2 aromatic carbocycles. The van der Waals surface area contributed by atoms with E-state index in [1.807, 2.05) is 52.9 Å². The standard InChI is InChI=1S/C19H17F3INO/c20-19(21,22)15-6-7-17(23)13(9-15)10-16-14(11-24-18(16)25)8-12-4-2-1-3-5-12/h1-7,9,14,16H,8,10-11H2,(H,24,25)/t14-,16+/m1/s1. The van der Waals surface area contributed by atoms with E-state index in [-0.39, 0.29) is 17.7 Å². The van der Waals surface area contributed by atoms with E-state index >= 15 is 0 Å². The van der Waals surface area contributed by atoms with Crippen molar-refractivity contribution in [3.05, 3.63) is 68.8 Å². The Morgan fingerprint density at radius 3 is 2.48 bits per heavy atom. The van der Waals surface area contributed by atoms with Gasteiger partial charge < -0.3 is 5.32 Å². The minimum absolute atomic E-state index is 0.0749. The van der Waals surface area contributed by atoms with Crippen molar-refractivity contribution in [3.8, 4) is 0 Å². The molecule has 3 rings (SSSR count). The summed E-state index contributed by atoms with van der Waals surface area (Å²) in [5.41, 5.74) is 1.05. The van der Waals surface area contributed by atoms with Crippen molar-refractivity contribution < 1.29 is 18.0 Å². The highest BCUT2D eigenvalue weighted by atomic mass is 127. The summed E-state index contributed by atoms with van der Waals surface area (Å²) in [6.07, 6.45) is -3.31. The van der Waals surface area contributed by atoms with Crippen molar-refractivity contribution in [1.82, 2.24) is 5.32 Å². The van der Waals surface area contributed by atoms with Crippen molar-refractivity contribution in [2.45, 2.75) is 19.0 Å². The van der Waals surface area contributed by atoms with Gasteiger partial charge in [-0.05, 0) is 70.7 Å². The molecule has 0 bridgehead atoms. The van der Waals surface area contributed by atoms with Gasteiger partial charge in [0.05, 0.1) is 5.56 Å². The predicted octanol–water partition coefficient (Wildman–Crippen LogP) is 4.46. The lowest BCUT2D eigenvalue weighted by Crippen LogP contribution is -2.23. The van der Waals surface area contributed by atoms with Gasteiger partial charge in [-0.2, -0.15) is 13.2 Å². The molecule has 2 aromatic rings. The average molecular weight is 459 g/mol. The number of rotatable bonds is 4. The Hall–Kier alpha value is -1.57. The van der Waals surface area contributed by atoms with Crippen LogP contribution in [0.2, 0.25) is 0 Å². The number of carbonyl (C=O) groups is 1. The Morgan fingerprint density at radius 2 is 1.80 bits per heavy atom. The van der Waals surface area contributed by atoms with E-state index in [4.69, 9.17) is 0 Å². The summed E-state index contributed by atoms with van der Waals surface area (Å²) in [6, 6.07) is 13.6. The van der Waals surface area contributed by atoms with E-state index in [0.717, 1.165) is 21.6 Å². The molecular formula is C19H17F3INO. The molecule has 6 heteroatoms. The van der Waals surface area contributed by atoms with Gasteiger partial charge in [-0.1, -0.05) is 30.3 Å². The summed E-state index contributed by atoms with van der Waals surface area (Å²) in [5.74, 6) is -0.299. The van der Waals surface area contributed by atoms with Gasteiger partial charge in [-0.15, -0.1) is 0 Å². The Morgan fingerprint density at radius 1 is 1.08 bits per heavy atom. The van der Waals surface area contributed by atoms with Gasteiger partial charge in [-0.3, -0.25) is 4.79 Å². The van der Waals surface area contributed by atoms with Gasteiger partial charge in [0, 0.05) is 16.0 Å². The summed E-state index contributed by atoms with van der Waals surface area (Å²) >= 11 is 2.03. The maximum absolute atomic E-state index is 13.0. The van der Waals surface area contributed by atoms with Gasteiger partial charge in [0.25, 0.3) is 0 Å². The Balaban J connectivity index is 1.81. The maximum Gasteiger partial charge on any atom is 0.416 e. The normalized spacial score (nSPS) is 20.6. The molecule has 1 N–H and O–H groups in total. The second-order valence-corrected chi connectivity index (χ2v) is 7.47. The Bertz CT molecular complexity index is 761.